The van der Waals surface area contributed by atoms with Gasteiger partial charge in [0.1, 0.15) is 16.6 Å². The maximum absolute atomic E-state index is 13.1. The van der Waals surface area contributed by atoms with Gasteiger partial charge in [0, 0.05) is 5.56 Å². The van der Waals surface area contributed by atoms with Crippen molar-refractivity contribution >= 4 is 25.6 Å². The molecule has 1 aliphatic heterocycles. The Kier molecular flexibility index (Phi) is 4.53. The topological polar surface area (TPSA) is 115 Å². The highest BCUT2D eigenvalue weighted by molar-refractivity contribution is 7.96. The zero-order valence-electron chi connectivity index (χ0n) is 13.7. The van der Waals surface area contributed by atoms with Crippen LogP contribution < -0.4 is 4.74 Å². The molecule has 1 unspecified atom stereocenters. The van der Waals surface area contributed by atoms with E-state index in [0.717, 1.165) is 12.1 Å². The molecule has 3 rings (SSSR count). The van der Waals surface area contributed by atoms with Crippen LogP contribution in [0.1, 0.15) is 28.1 Å². The van der Waals surface area contributed by atoms with Crippen molar-refractivity contribution in [2.75, 3.05) is 12.4 Å². The average molecular weight is 396 g/mol. The summed E-state index contributed by atoms with van der Waals surface area (Å²) in [4.78, 5) is 11.3. The van der Waals surface area contributed by atoms with Gasteiger partial charge in [-0.2, -0.15) is 0 Å². The summed E-state index contributed by atoms with van der Waals surface area (Å²) < 4.78 is 56.5. The Labute approximate surface area is 151 Å². The van der Waals surface area contributed by atoms with Gasteiger partial charge in [-0.05, 0) is 31.2 Å². The van der Waals surface area contributed by atoms with Crippen molar-refractivity contribution in [3.05, 3.63) is 53.6 Å². The van der Waals surface area contributed by atoms with Gasteiger partial charge in [0.15, 0.2) is 19.7 Å². The van der Waals surface area contributed by atoms with Gasteiger partial charge in [-0.1, -0.05) is 18.2 Å². The van der Waals surface area contributed by atoms with E-state index in [1.165, 1.54) is 24.3 Å². The summed E-state index contributed by atoms with van der Waals surface area (Å²) in [5.74, 6) is -2.18. The maximum Gasteiger partial charge on any atom is 0.339 e. The fraction of sp³-hybridized carbons (Fsp3) is 0.235. The maximum atomic E-state index is 13.1. The molecule has 26 heavy (non-hydrogen) atoms. The minimum Gasteiger partial charge on any atom is -0.493 e. The van der Waals surface area contributed by atoms with Gasteiger partial charge in [0.25, 0.3) is 0 Å². The molecule has 2 aromatic rings. The van der Waals surface area contributed by atoms with E-state index in [1.54, 1.807) is 13.0 Å². The zero-order chi connectivity index (χ0) is 19.1. The fourth-order valence-corrected chi connectivity index (χ4v) is 7.35. The number of carboxylic acids is 1. The molecule has 0 spiro atoms. The van der Waals surface area contributed by atoms with E-state index in [2.05, 4.69) is 0 Å². The van der Waals surface area contributed by atoms with Gasteiger partial charge in [-0.25, -0.2) is 21.6 Å². The number of hydrogen-bond acceptors (Lipinski definition) is 6. The molecule has 0 radical (unpaired) electrons. The monoisotopic (exact) mass is 396 g/mol. The van der Waals surface area contributed by atoms with Crippen molar-refractivity contribution in [2.24, 2.45) is 0 Å². The molecule has 0 aliphatic carbocycles. The van der Waals surface area contributed by atoms with Crippen LogP contribution in [-0.2, 0) is 19.7 Å². The van der Waals surface area contributed by atoms with Gasteiger partial charge in [-0.3, -0.25) is 0 Å². The number of aromatic carboxylic acids is 1. The van der Waals surface area contributed by atoms with E-state index >= 15 is 0 Å². The van der Waals surface area contributed by atoms with E-state index in [1.807, 2.05) is 0 Å². The molecule has 138 valence electrons. The molecule has 0 saturated carbocycles. The fourth-order valence-electron chi connectivity index (χ4n) is 3.02. The number of ether oxygens (including phenoxy) is 1. The Bertz CT molecular complexity index is 1070. The van der Waals surface area contributed by atoms with Crippen molar-refractivity contribution in [2.45, 2.75) is 22.0 Å². The lowest BCUT2D eigenvalue weighted by Crippen LogP contribution is -2.17. The first-order valence-corrected chi connectivity index (χ1v) is 10.9. The summed E-state index contributed by atoms with van der Waals surface area (Å²) >= 11 is 0. The van der Waals surface area contributed by atoms with Gasteiger partial charge in [0.05, 0.1) is 22.2 Å². The van der Waals surface area contributed by atoms with E-state index in [0.29, 0.717) is 0 Å². The third kappa shape index (κ3) is 2.86. The van der Waals surface area contributed by atoms with Crippen LogP contribution in [0.4, 0.5) is 0 Å². The van der Waals surface area contributed by atoms with Crippen molar-refractivity contribution < 1.29 is 31.5 Å². The van der Waals surface area contributed by atoms with E-state index < -0.39 is 36.6 Å². The minimum atomic E-state index is -4.06. The van der Waals surface area contributed by atoms with Crippen LogP contribution in [0.5, 0.6) is 5.75 Å². The van der Waals surface area contributed by atoms with Gasteiger partial charge >= 0.3 is 5.97 Å². The lowest BCUT2D eigenvalue weighted by atomic mass is 10.1. The molecule has 1 aliphatic rings. The number of sulfone groups is 2. The number of carboxylic acid groups (broad SMARTS) is 1. The average Bonchev–Trinajstić information content (AvgIpc) is 2.88. The third-order valence-corrected chi connectivity index (χ3v) is 8.24. The molecule has 0 bridgehead atoms. The SMILES string of the molecule is CCOc1c(C(=O)O)ccc2c1C(S(=O)(=O)c1ccccc1)CS2(=O)=O. The molecular formula is C17H16O7S2. The van der Waals surface area contributed by atoms with E-state index in [-0.39, 0.29) is 33.3 Å². The van der Waals surface area contributed by atoms with Crippen LogP contribution >= 0.6 is 0 Å². The first-order chi connectivity index (χ1) is 12.2. The van der Waals surface area contributed by atoms with Crippen LogP contribution in [0.2, 0.25) is 0 Å². The number of carbonyl (C=O) groups is 1. The highest BCUT2D eigenvalue weighted by Crippen LogP contribution is 2.47. The molecule has 0 aromatic heterocycles. The minimum absolute atomic E-state index is 0.0313. The third-order valence-electron chi connectivity index (χ3n) is 4.15. The standard InChI is InChI=1S/C17H16O7S2/c1-2-24-16-12(17(18)19)8-9-13-15(16)14(10-25(13,20)21)26(22,23)11-6-4-3-5-7-11/h3-9,14H,2,10H2,1H3,(H,18,19). The first kappa shape index (κ1) is 18.4. The molecule has 1 N–H and O–H groups in total. The van der Waals surface area contributed by atoms with Crippen molar-refractivity contribution in [1.82, 2.24) is 0 Å². The second-order valence-electron chi connectivity index (χ2n) is 5.72. The summed E-state index contributed by atoms with van der Waals surface area (Å²) in [6, 6.07) is 9.73. The normalized spacial score (nSPS) is 18.3. The summed E-state index contributed by atoms with van der Waals surface area (Å²) in [7, 11) is -7.94. The molecule has 2 aromatic carbocycles. The Balaban J connectivity index is 2.32. The summed E-state index contributed by atoms with van der Waals surface area (Å²) in [5.41, 5.74) is -0.369. The number of fused-ring (bicyclic) bond motifs is 1. The molecular weight excluding hydrogens is 380 g/mol. The predicted molar refractivity (Wildman–Crippen MR) is 93.0 cm³/mol. The first-order valence-electron chi connectivity index (χ1n) is 7.75. The van der Waals surface area contributed by atoms with Gasteiger partial charge in [0.2, 0.25) is 0 Å². The summed E-state index contributed by atoms with van der Waals surface area (Å²) in [6.45, 7) is 1.67. The number of rotatable bonds is 5. The van der Waals surface area contributed by atoms with Gasteiger partial charge in [-0.15, -0.1) is 0 Å². The van der Waals surface area contributed by atoms with Crippen molar-refractivity contribution in [3.8, 4) is 5.75 Å². The molecule has 0 amide bonds. The van der Waals surface area contributed by atoms with Crippen LogP contribution in [0.25, 0.3) is 0 Å². The summed E-state index contributed by atoms with van der Waals surface area (Å²) in [6.07, 6.45) is 0. The molecule has 0 saturated heterocycles. The largest absolute Gasteiger partial charge is 0.493 e. The van der Waals surface area contributed by atoms with Crippen LogP contribution in [0.15, 0.2) is 52.3 Å². The predicted octanol–water partition coefficient (Wildman–Crippen LogP) is 2.09. The lowest BCUT2D eigenvalue weighted by Gasteiger charge is -2.17. The highest BCUT2D eigenvalue weighted by atomic mass is 32.2. The number of hydrogen-bond donors (Lipinski definition) is 1. The quantitative estimate of drug-likeness (QED) is 0.823. The van der Waals surface area contributed by atoms with E-state index in [4.69, 9.17) is 4.74 Å². The second-order valence-corrected chi connectivity index (χ2v) is 9.85. The van der Waals surface area contributed by atoms with Crippen LogP contribution in [0.3, 0.4) is 0 Å². The Hall–Kier alpha value is -2.39. The molecule has 1 atom stereocenters. The molecule has 9 heteroatoms. The van der Waals surface area contributed by atoms with E-state index in [9.17, 15) is 26.7 Å². The number of benzene rings is 2. The van der Waals surface area contributed by atoms with Crippen LogP contribution in [-0.4, -0.2) is 40.3 Å². The van der Waals surface area contributed by atoms with Crippen molar-refractivity contribution in [1.29, 1.82) is 0 Å². The summed E-state index contributed by atoms with van der Waals surface area (Å²) in [5, 5.41) is 7.96. The van der Waals surface area contributed by atoms with Gasteiger partial charge < -0.3 is 9.84 Å². The lowest BCUT2D eigenvalue weighted by molar-refractivity contribution is 0.0692. The smallest absolute Gasteiger partial charge is 0.339 e. The van der Waals surface area contributed by atoms with Crippen molar-refractivity contribution in [3.63, 3.8) is 0 Å². The molecule has 1 heterocycles. The molecule has 0 fully saturated rings. The molecule has 7 nitrogen and oxygen atoms in total. The Morgan fingerprint density at radius 1 is 1.19 bits per heavy atom. The second kappa shape index (κ2) is 6.40. The van der Waals surface area contributed by atoms with Crippen LogP contribution in [0, 0.1) is 0 Å². The Morgan fingerprint density at radius 3 is 2.42 bits per heavy atom. The Morgan fingerprint density at radius 2 is 1.85 bits per heavy atom. The zero-order valence-corrected chi connectivity index (χ0v) is 15.4. The highest BCUT2D eigenvalue weighted by Gasteiger charge is 2.46.